The van der Waals surface area contributed by atoms with E-state index in [0.29, 0.717) is 0 Å². The normalized spacial score (nSPS) is 18.4. The average Bonchev–Trinajstić information content (AvgIpc) is 3.41. The fourth-order valence-corrected chi connectivity index (χ4v) is 16.1. The van der Waals surface area contributed by atoms with Gasteiger partial charge in [-0.25, -0.2) is 0 Å². The van der Waals surface area contributed by atoms with Crippen LogP contribution in [0.5, 0.6) is 0 Å². The van der Waals surface area contributed by atoms with Gasteiger partial charge < -0.3 is 14.2 Å². The van der Waals surface area contributed by atoms with Crippen LogP contribution in [0, 0.1) is 0 Å². The molecular formula is C36H45NO2Si2. The summed E-state index contributed by atoms with van der Waals surface area (Å²) in [5.41, 5.74) is 0. The number of benzene rings is 4. The first-order chi connectivity index (χ1) is 19.6. The second kappa shape index (κ2) is 11.8. The molecule has 1 saturated heterocycles. The minimum absolute atomic E-state index is 0.0806. The Morgan fingerprint density at radius 2 is 0.707 bits per heavy atom. The molecule has 0 bridgehead atoms. The molecule has 3 nitrogen and oxygen atoms in total. The molecule has 0 aliphatic carbocycles. The molecule has 0 spiro atoms. The van der Waals surface area contributed by atoms with Crippen molar-refractivity contribution in [2.75, 3.05) is 13.1 Å². The van der Waals surface area contributed by atoms with E-state index in [4.69, 9.17) is 8.85 Å². The van der Waals surface area contributed by atoms with Gasteiger partial charge in [0.25, 0.3) is 16.6 Å². The fourth-order valence-electron chi connectivity index (χ4n) is 6.70. The van der Waals surface area contributed by atoms with E-state index in [2.05, 4.69) is 168 Å². The lowest BCUT2D eigenvalue weighted by Gasteiger charge is -2.48. The standard InChI is InChI=1S/C36H45NO2Si2/c1-35(2,3)40(29-19-11-7-12-20-29,30-21-13-8-14-22-30)38-33-27-37-28-34(33)39-41(36(4,5)6,31-23-15-9-16-24-31)32-25-17-10-18-26-32/h7-26,33-34,37H,27-28H2,1-6H3/t33-,34-/m1/s1. The Hall–Kier alpha value is -2.81. The van der Waals surface area contributed by atoms with Crippen LogP contribution in [0.1, 0.15) is 41.5 Å². The van der Waals surface area contributed by atoms with Gasteiger partial charge in [-0.1, -0.05) is 163 Å². The zero-order chi connectivity index (χ0) is 29.1. The molecule has 1 N–H and O–H groups in total. The van der Waals surface area contributed by atoms with Gasteiger partial charge in [0.2, 0.25) is 0 Å². The van der Waals surface area contributed by atoms with Crippen LogP contribution in [-0.4, -0.2) is 41.9 Å². The van der Waals surface area contributed by atoms with Crippen molar-refractivity contribution in [3.8, 4) is 0 Å². The van der Waals surface area contributed by atoms with Gasteiger partial charge in [-0.3, -0.25) is 0 Å². The summed E-state index contributed by atoms with van der Waals surface area (Å²) in [6, 6.07) is 43.8. The third-order valence-electron chi connectivity index (χ3n) is 8.60. The average molecular weight is 580 g/mol. The van der Waals surface area contributed by atoms with E-state index in [0.717, 1.165) is 13.1 Å². The molecule has 5 rings (SSSR count). The highest BCUT2D eigenvalue weighted by Crippen LogP contribution is 2.41. The number of hydrogen-bond acceptors (Lipinski definition) is 3. The second-order valence-corrected chi connectivity index (χ2v) is 21.8. The summed E-state index contributed by atoms with van der Waals surface area (Å²) in [4.78, 5) is 0. The summed E-state index contributed by atoms with van der Waals surface area (Å²) in [6.45, 7) is 15.6. The molecule has 0 aromatic heterocycles. The zero-order valence-electron chi connectivity index (χ0n) is 25.4. The predicted octanol–water partition coefficient (Wildman–Crippen LogP) is 5.48. The lowest BCUT2D eigenvalue weighted by atomic mass is 10.2. The first-order valence-corrected chi connectivity index (χ1v) is 18.7. The number of rotatable bonds is 8. The highest BCUT2D eigenvalue weighted by Gasteiger charge is 2.56. The van der Waals surface area contributed by atoms with Gasteiger partial charge in [-0.2, -0.15) is 0 Å². The van der Waals surface area contributed by atoms with Crippen molar-refractivity contribution >= 4 is 37.4 Å². The summed E-state index contributed by atoms with van der Waals surface area (Å²) in [5.74, 6) is 0. The quantitative estimate of drug-likeness (QED) is 0.281. The van der Waals surface area contributed by atoms with E-state index in [-0.39, 0.29) is 22.3 Å². The van der Waals surface area contributed by atoms with Crippen molar-refractivity contribution in [3.05, 3.63) is 121 Å². The molecular weight excluding hydrogens is 535 g/mol. The maximum Gasteiger partial charge on any atom is 0.261 e. The topological polar surface area (TPSA) is 30.5 Å². The highest BCUT2D eigenvalue weighted by atomic mass is 28.4. The molecule has 1 aliphatic heterocycles. The molecule has 4 aromatic rings. The van der Waals surface area contributed by atoms with Crippen molar-refractivity contribution in [3.63, 3.8) is 0 Å². The zero-order valence-corrected chi connectivity index (χ0v) is 27.4. The van der Waals surface area contributed by atoms with Gasteiger partial charge in [0, 0.05) is 13.1 Å². The SMILES string of the molecule is CC(C)(C)[Si](O[C@@H]1CNC[C@H]1O[Si](c1ccccc1)(c1ccccc1)C(C)(C)C)(c1ccccc1)c1ccccc1. The summed E-state index contributed by atoms with van der Waals surface area (Å²) >= 11 is 0. The van der Waals surface area contributed by atoms with Crippen LogP contribution in [0.3, 0.4) is 0 Å². The summed E-state index contributed by atoms with van der Waals surface area (Å²) < 4.78 is 15.3. The Morgan fingerprint density at radius 3 is 0.927 bits per heavy atom. The van der Waals surface area contributed by atoms with E-state index in [9.17, 15) is 0 Å². The van der Waals surface area contributed by atoms with Crippen molar-refractivity contribution in [1.29, 1.82) is 0 Å². The Balaban J connectivity index is 1.63. The first-order valence-electron chi connectivity index (χ1n) is 14.9. The van der Waals surface area contributed by atoms with Gasteiger partial charge in [-0.05, 0) is 30.8 Å². The monoisotopic (exact) mass is 579 g/mol. The molecule has 4 aromatic carbocycles. The smallest absolute Gasteiger partial charge is 0.261 e. The Morgan fingerprint density at radius 1 is 0.463 bits per heavy atom. The number of hydrogen-bond donors (Lipinski definition) is 1. The fraction of sp³-hybridized carbons (Fsp3) is 0.333. The van der Waals surface area contributed by atoms with Crippen LogP contribution < -0.4 is 26.1 Å². The van der Waals surface area contributed by atoms with Crippen LogP contribution in [0.4, 0.5) is 0 Å². The van der Waals surface area contributed by atoms with Crippen molar-refractivity contribution in [2.24, 2.45) is 0 Å². The van der Waals surface area contributed by atoms with Gasteiger partial charge in [-0.15, -0.1) is 0 Å². The van der Waals surface area contributed by atoms with E-state index in [1.54, 1.807) is 0 Å². The first kappa shape index (κ1) is 29.7. The van der Waals surface area contributed by atoms with E-state index in [1.807, 2.05) is 0 Å². The van der Waals surface area contributed by atoms with Gasteiger partial charge >= 0.3 is 0 Å². The lowest BCUT2D eigenvalue weighted by Crippen LogP contribution is -2.71. The summed E-state index contributed by atoms with van der Waals surface area (Å²) in [5, 5.41) is 8.68. The van der Waals surface area contributed by atoms with Gasteiger partial charge in [0.15, 0.2) is 0 Å². The Labute approximate surface area is 249 Å². The molecule has 5 heteroatoms. The van der Waals surface area contributed by atoms with Crippen LogP contribution >= 0.6 is 0 Å². The van der Waals surface area contributed by atoms with Crippen molar-refractivity contribution in [2.45, 2.75) is 63.8 Å². The molecule has 0 unspecified atom stereocenters. The molecule has 214 valence electrons. The Kier molecular flexibility index (Phi) is 8.56. The van der Waals surface area contributed by atoms with Crippen molar-refractivity contribution in [1.82, 2.24) is 5.32 Å². The van der Waals surface area contributed by atoms with Crippen LogP contribution in [-0.2, 0) is 8.85 Å². The van der Waals surface area contributed by atoms with Crippen LogP contribution in [0.25, 0.3) is 0 Å². The van der Waals surface area contributed by atoms with Crippen molar-refractivity contribution < 1.29 is 8.85 Å². The molecule has 0 saturated carbocycles. The highest BCUT2D eigenvalue weighted by molar-refractivity contribution is 7.00. The summed E-state index contributed by atoms with van der Waals surface area (Å²) in [6.07, 6.45) is -0.161. The van der Waals surface area contributed by atoms with E-state index >= 15 is 0 Å². The second-order valence-electron chi connectivity index (χ2n) is 13.3. The van der Waals surface area contributed by atoms with Crippen LogP contribution in [0.15, 0.2) is 121 Å². The Bertz CT molecular complexity index is 1200. The van der Waals surface area contributed by atoms with E-state index in [1.165, 1.54) is 20.7 Å². The molecule has 1 aliphatic rings. The summed E-state index contributed by atoms with van der Waals surface area (Å²) in [7, 11) is -5.48. The molecule has 0 radical (unpaired) electrons. The molecule has 1 fully saturated rings. The maximum absolute atomic E-state index is 7.65. The maximum atomic E-state index is 7.65. The van der Waals surface area contributed by atoms with Gasteiger partial charge in [0.05, 0.1) is 12.2 Å². The van der Waals surface area contributed by atoms with Crippen LogP contribution in [0.2, 0.25) is 10.1 Å². The minimum Gasteiger partial charge on any atom is -0.401 e. The minimum atomic E-state index is -2.74. The lowest BCUT2D eigenvalue weighted by molar-refractivity contribution is 0.0772. The molecule has 1 heterocycles. The molecule has 41 heavy (non-hydrogen) atoms. The van der Waals surface area contributed by atoms with Gasteiger partial charge in [0.1, 0.15) is 0 Å². The largest absolute Gasteiger partial charge is 0.401 e. The third kappa shape index (κ3) is 5.54. The molecule has 0 amide bonds. The van der Waals surface area contributed by atoms with E-state index < -0.39 is 16.6 Å². The predicted molar refractivity (Wildman–Crippen MR) is 178 cm³/mol. The third-order valence-corrected chi connectivity index (χ3v) is 18.7. The number of nitrogens with one attached hydrogen (secondary N) is 1. The molecule has 2 atom stereocenters.